The Labute approximate surface area is 175 Å². The number of carboxylic acid groups (broad SMARTS) is 1. The van der Waals surface area contributed by atoms with Crippen LogP contribution in [-0.2, 0) is 9.53 Å². The van der Waals surface area contributed by atoms with Crippen LogP contribution in [0.2, 0.25) is 0 Å². The van der Waals surface area contributed by atoms with Crippen LogP contribution in [0.4, 0.5) is 4.79 Å². The van der Waals surface area contributed by atoms with E-state index in [0.717, 1.165) is 12.8 Å². The predicted octanol–water partition coefficient (Wildman–Crippen LogP) is 2.33. The number of carboxylic acids is 1. The molecule has 0 bridgehead atoms. The van der Waals surface area contributed by atoms with Crippen LogP contribution in [0.15, 0.2) is 0 Å². The molecule has 1 amide bonds. The van der Waals surface area contributed by atoms with Gasteiger partial charge in [-0.25, -0.2) is 4.79 Å². The van der Waals surface area contributed by atoms with Gasteiger partial charge in [0.25, 0.3) is 0 Å². The Balaban J connectivity index is 0.00000361. The van der Waals surface area contributed by atoms with Gasteiger partial charge in [-0.3, -0.25) is 4.79 Å². The van der Waals surface area contributed by atoms with Crippen molar-refractivity contribution in [3.8, 4) is 0 Å². The summed E-state index contributed by atoms with van der Waals surface area (Å²) in [6.45, 7) is 0.139. The molecule has 0 aromatic heterocycles. The van der Waals surface area contributed by atoms with Crippen LogP contribution in [0.1, 0.15) is 25.7 Å². The summed E-state index contributed by atoms with van der Waals surface area (Å²) in [5.74, 6) is -0.725. The summed E-state index contributed by atoms with van der Waals surface area (Å²) < 4.78 is 3.10. The van der Waals surface area contributed by atoms with Crippen molar-refractivity contribution in [2.75, 3.05) is 13.2 Å². The molecule has 1 fully saturated rings. The number of alkyl halides is 3. The monoisotopic (exact) mass is 371 g/mol. The SMILES string of the molecule is O=C(NCC1CCC(C(=O)O)CC1)OCC(Cl)(Cl)Cl.[KH]. The predicted molar refractivity (Wildman–Crippen MR) is 79.9 cm³/mol. The third-order valence-electron chi connectivity index (χ3n) is 3.10. The first kappa shape index (κ1) is 21.2. The summed E-state index contributed by atoms with van der Waals surface area (Å²) in [6, 6.07) is 0. The van der Waals surface area contributed by atoms with Gasteiger partial charge in [-0.2, -0.15) is 0 Å². The zero-order valence-electron chi connectivity index (χ0n) is 10.2. The fourth-order valence-corrected chi connectivity index (χ4v) is 2.20. The van der Waals surface area contributed by atoms with Crippen molar-refractivity contribution in [3.63, 3.8) is 0 Å². The first-order chi connectivity index (χ1) is 8.78. The second kappa shape index (κ2) is 10.1. The molecule has 0 spiro atoms. The maximum absolute atomic E-state index is 11.3. The summed E-state index contributed by atoms with van der Waals surface area (Å²) in [4.78, 5) is 22.1. The molecule has 112 valence electrons. The number of halogens is 3. The van der Waals surface area contributed by atoms with E-state index in [4.69, 9.17) is 44.6 Å². The zero-order valence-corrected chi connectivity index (χ0v) is 12.5. The van der Waals surface area contributed by atoms with Crippen molar-refractivity contribution in [2.45, 2.75) is 29.5 Å². The number of alkyl carbamates (subject to hydrolysis) is 1. The Morgan fingerprint density at radius 3 is 2.20 bits per heavy atom. The molecule has 0 atom stereocenters. The Bertz CT molecular complexity index is 330. The molecule has 1 aliphatic rings. The van der Waals surface area contributed by atoms with Crippen LogP contribution < -0.4 is 5.32 Å². The molecule has 0 aliphatic heterocycles. The summed E-state index contributed by atoms with van der Waals surface area (Å²) in [5.41, 5.74) is 0. The number of rotatable bonds is 4. The van der Waals surface area contributed by atoms with Gasteiger partial charge in [-0.15, -0.1) is 0 Å². The van der Waals surface area contributed by atoms with E-state index in [0.29, 0.717) is 19.4 Å². The Morgan fingerprint density at radius 2 is 1.75 bits per heavy atom. The fraction of sp³-hybridized carbons (Fsp3) is 0.818. The summed E-state index contributed by atoms with van der Waals surface area (Å²) in [6.07, 6.45) is 2.21. The first-order valence-corrected chi connectivity index (χ1v) is 7.11. The van der Waals surface area contributed by atoms with Crippen LogP contribution in [-0.4, -0.2) is 85.5 Å². The van der Waals surface area contributed by atoms with E-state index in [2.05, 4.69) is 5.32 Å². The Morgan fingerprint density at radius 1 is 1.20 bits per heavy atom. The fourth-order valence-electron chi connectivity index (χ4n) is 2.04. The molecule has 5 nitrogen and oxygen atoms in total. The summed E-state index contributed by atoms with van der Waals surface area (Å²) in [7, 11) is 0. The number of carbonyl (C=O) groups is 2. The van der Waals surface area contributed by atoms with Gasteiger partial charge in [-0.05, 0) is 31.6 Å². The standard InChI is InChI=1S/C11H16Cl3NO4.K.H/c12-11(13,14)6-19-10(18)15-5-7-1-3-8(4-2-7)9(16)17;;/h7-8H,1-6H2,(H,15,18)(H,16,17);;. The first-order valence-electron chi connectivity index (χ1n) is 5.98. The molecule has 0 saturated heterocycles. The quantitative estimate of drug-likeness (QED) is 0.586. The third kappa shape index (κ3) is 9.30. The molecule has 20 heavy (non-hydrogen) atoms. The number of hydrogen-bond acceptors (Lipinski definition) is 3. The third-order valence-corrected chi connectivity index (χ3v) is 3.43. The molecular formula is C11H17Cl3KNO4. The molecule has 0 heterocycles. The minimum atomic E-state index is -1.61. The van der Waals surface area contributed by atoms with Gasteiger partial charge in [0.15, 0.2) is 0 Å². The van der Waals surface area contributed by atoms with E-state index in [-0.39, 0.29) is 69.8 Å². The average Bonchev–Trinajstić information content (AvgIpc) is 2.33. The second-order valence-corrected chi connectivity index (χ2v) is 7.14. The number of amides is 1. The van der Waals surface area contributed by atoms with Crippen molar-refractivity contribution in [3.05, 3.63) is 0 Å². The van der Waals surface area contributed by atoms with Gasteiger partial charge < -0.3 is 15.2 Å². The normalized spacial score (nSPS) is 22.6. The van der Waals surface area contributed by atoms with Crippen LogP contribution in [0, 0.1) is 11.8 Å². The van der Waals surface area contributed by atoms with Gasteiger partial charge in [0.1, 0.15) is 6.61 Å². The van der Waals surface area contributed by atoms with Gasteiger partial charge in [-0.1, -0.05) is 34.8 Å². The molecule has 1 rings (SSSR count). The van der Waals surface area contributed by atoms with Crippen molar-refractivity contribution in [1.29, 1.82) is 0 Å². The molecule has 0 unspecified atom stereocenters. The van der Waals surface area contributed by atoms with Gasteiger partial charge in [0.2, 0.25) is 3.79 Å². The van der Waals surface area contributed by atoms with E-state index >= 15 is 0 Å². The molecule has 1 aliphatic carbocycles. The van der Waals surface area contributed by atoms with Crippen molar-refractivity contribution in [2.24, 2.45) is 11.8 Å². The van der Waals surface area contributed by atoms with Crippen LogP contribution in [0.5, 0.6) is 0 Å². The maximum atomic E-state index is 11.3. The van der Waals surface area contributed by atoms with E-state index in [1.807, 2.05) is 0 Å². The number of hydrogen-bond donors (Lipinski definition) is 2. The topological polar surface area (TPSA) is 75.6 Å². The van der Waals surface area contributed by atoms with Gasteiger partial charge >= 0.3 is 63.4 Å². The van der Waals surface area contributed by atoms with E-state index in [1.165, 1.54) is 0 Å². The van der Waals surface area contributed by atoms with Crippen LogP contribution >= 0.6 is 34.8 Å². The Kier molecular flexibility index (Phi) is 10.7. The van der Waals surface area contributed by atoms with Gasteiger partial charge in [0.05, 0.1) is 5.92 Å². The molecular weight excluding hydrogens is 356 g/mol. The van der Waals surface area contributed by atoms with Crippen LogP contribution in [0.25, 0.3) is 0 Å². The second-order valence-electron chi connectivity index (χ2n) is 4.63. The minimum absolute atomic E-state index is 0. The zero-order chi connectivity index (χ0) is 14.5. The van der Waals surface area contributed by atoms with E-state index < -0.39 is 15.9 Å². The molecule has 2 N–H and O–H groups in total. The summed E-state index contributed by atoms with van der Waals surface area (Å²) in [5, 5.41) is 11.4. The van der Waals surface area contributed by atoms with Crippen molar-refractivity contribution >= 4 is 98.2 Å². The molecule has 0 aromatic rings. The van der Waals surface area contributed by atoms with Gasteiger partial charge in [0, 0.05) is 6.54 Å². The summed E-state index contributed by atoms with van der Waals surface area (Å²) >= 11 is 16.3. The number of nitrogens with one attached hydrogen (secondary N) is 1. The molecule has 1 saturated carbocycles. The van der Waals surface area contributed by atoms with Crippen molar-refractivity contribution < 1.29 is 19.4 Å². The average molecular weight is 373 g/mol. The number of ether oxygens (including phenoxy) is 1. The van der Waals surface area contributed by atoms with Crippen molar-refractivity contribution in [1.82, 2.24) is 5.32 Å². The number of aliphatic carboxylic acids is 1. The Hall–Kier alpha value is 1.25. The molecule has 0 radical (unpaired) electrons. The van der Waals surface area contributed by atoms with Crippen LogP contribution in [0.3, 0.4) is 0 Å². The van der Waals surface area contributed by atoms with E-state index in [9.17, 15) is 9.59 Å². The number of carbonyl (C=O) groups excluding carboxylic acids is 1. The molecule has 0 aromatic carbocycles. The molecule has 9 heteroatoms. The van der Waals surface area contributed by atoms with E-state index in [1.54, 1.807) is 0 Å².